The largest absolute Gasteiger partial charge is 0.492 e. The molecule has 0 amide bonds. The van der Waals surface area contributed by atoms with Gasteiger partial charge < -0.3 is 4.74 Å². The first-order valence-corrected chi connectivity index (χ1v) is 7.60. The lowest BCUT2D eigenvalue weighted by Crippen LogP contribution is -2.13. The summed E-state index contributed by atoms with van der Waals surface area (Å²) in [6.45, 7) is 6.21. The molecule has 0 aromatic heterocycles. The second-order valence-electron chi connectivity index (χ2n) is 4.42. The molecule has 0 atom stereocenters. The molecule has 0 saturated carbocycles. The van der Waals surface area contributed by atoms with Crippen molar-refractivity contribution in [2.75, 3.05) is 6.61 Å². The lowest BCUT2D eigenvalue weighted by molar-refractivity contribution is 0.322. The van der Waals surface area contributed by atoms with Crippen molar-refractivity contribution in [3.05, 3.63) is 23.8 Å². The number of primary sulfonamides is 1. The van der Waals surface area contributed by atoms with E-state index in [0.717, 1.165) is 5.56 Å². The number of sulfonamides is 1. The van der Waals surface area contributed by atoms with Gasteiger partial charge in [0, 0.05) is 6.42 Å². The second kappa shape index (κ2) is 6.60. The highest BCUT2D eigenvalue weighted by Gasteiger charge is 2.14. The zero-order chi connectivity index (χ0) is 14.5. The first kappa shape index (κ1) is 15.5. The molecule has 0 fully saturated rings. The van der Waals surface area contributed by atoms with Crippen molar-refractivity contribution >= 4 is 10.0 Å². The molecule has 0 unspecified atom stereocenters. The van der Waals surface area contributed by atoms with Crippen LogP contribution in [-0.2, 0) is 10.0 Å². The van der Waals surface area contributed by atoms with E-state index >= 15 is 0 Å². The summed E-state index contributed by atoms with van der Waals surface area (Å²) in [4.78, 5) is 0.108. The van der Waals surface area contributed by atoms with Crippen LogP contribution in [0.3, 0.4) is 0 Å². The maximum atomic E-state index is 11.3. The van der Waals surface area contributed by atoms with Crippen molar-refractivity contribution in [2.24, 2.45) is 5.14 Å². The van der Waals surface area contributed by atoms with Gasteiger partial charge in [-0.3, -0.25) is 0 Å². The minimum atomic E-state index is -3.68. The molecule has 19 heavy (non-hydrogen) atoms. The Morgan fingerprint density at radius 2 is 2.05 bits per heavy atom. The van der Waals surface area contributed by atoms with Crippen LogP contribution >= 0.6 is 0 Å². The molecule has 0 aliphatic heterocycles. The summed E-state index contributed by atoms with van der Waals surface area (Å²) in [7, 11) is -3.68. The van der Waals surface area contributed by atoms with E-state index in [1.165, 1.54) is 6.07 Å². The van der Waals surface area contributed by atoms with Crippen LogP contribution < -0.4 is 9.88 Å². The predicted molar refractivity (Wildman–Crippen MR) is 75.5 cm³/mol. The first-order valence-electron chi connectivity index (χ1n) is 6.05. The molecule has 1 rings (SSSR count). The molecule has 5 heteroatoms. The Labute approximate surface area is 115 Å². The highest BCUT2D eigenvalue weighted by Crippen LogP contribution is 2.28. The fourth-order valence-corrected chi connectivity index (χ4v) is 2.17. The van der Waals surface area contributed by atoms with Crippen LogP contribution in [-0.4, -0.2) is 15.0 Å². The van der Waals surface area contributed by atoms with Gasteiger partial charge in [-0.2, -0.15) is 0 Å². The Balaban J connectivity index is 3.01. The maximum Gasteiger partial charge on any atom is 0.238 e. The molecule has 0 aliphatic carbocycles. The van der Waals surface area contributed by atoms with Crippen molar-refractivity contribution in [3.8, 4) is 17.6 Å². The molecule has 4 nitrogen and oxygen atoms in total. The van der Waals surface area contributed by atoms with Crippen LogP contribution in [0, 0.1) is 11.8 Å². The summed E-state index contributed by atoms with van der Waals surface area (Å²) >= 11 is 0. The van der Waals surface area contributed by atoms with E-state index in [4.69, 9.17) is 9.88 Å². The minimum absolute atomic E-state index is 0.108. The van der Waals surface area contributed by atoms with E-state index < -0.39 is 10.0 Å². The number of benzene rings is 1. The number of ether oxygens (including phenoxy) is 1. The minimum Gasteiger partial charge on any atom is -0.492 e. The average molecular weight is 281 g/mol. The van der Waals surface area contributed by atoms with E-state index in [2.05, 4.69) is 11.8 Å². The fourth-order valence-electron chi connectivity index (χ4n) is 1.62. The zero-order valence-electron chi connectivity index (χ0n) is 11.4. The Morgan fingerprint density at radius 1 is 1.37 bits per heavy atom. The topological polar surface area (TPSA) is 69.4 Å². The van der Waals surface area contributed by atoms with Crippen LogP contribution in [0.4, 0.5) is 0 Å². The molecule has 1 aromatic rings. The molecule has 1 aromatic carbocycles. The highest BCUT2D eigenvalue weighted by atomic mass is 32.2. The summed E-state index contributed by atoms with van der Waals surface area (Å²) in [5.41, 5.74) is 0.830. The molecular formula is C14H19NO3S. The van der Waals surface area contributed by atoms with Gasteiger partial charge in [0.1, 0.15) is 5.75 Å². The number of nitrogens with two attached hydrogens (primary N) is 1. The third-order valence-electron chi connectivity index (χ3n) is 2.59. The Morgan fingerprint density at radius 3 is 2.58 bits per heavy atom. The van der Waals surface area contributed by atoms with Gasteiger partial charge in [-0.1, -0.05) is 13.8 Å². The molecule has 104 valence electrons. The smallest absolute Gasteiger partial charge is 0.238 e. The van der Waals surface area contributed by atoms with Gasteiger partial charge in [0.05, 0.1) is 11.5 Å². The molecule has 0 aliphatic rings. The summed E-state index contributed by atoms with van der Waals surface area (Å²) < 4.78 is 28.3. The van der Waals surface area contributed by atoms with Crippen LogP contribution in [0.15, 0.2) is 23.1 Å². The molecule has 0 heterocycles. The van der Waals surface area contributed by atoms with Crippen LogP contribution in [0.5, 0.6) is 5.75 Å². The van der Waals surface area contributed by atoms with Crippen molar-refractivity contribution < 1.29 is 13.2 Å². The van der Waals surface area contributed by atoms with Gasteiger partial charge >= 0.3 is 0 Å². The summed E-state index contributed by atoms with van der Waals surface area (Å²) in [5.74, 6) is 6.53. The summed E-state index contributed by atoms with van der Waals surface area (Å²) in [6, 6.07) is 4.68. The first-order chi connectivity index (χ1) is 8.86. The number of rotatable bonds is 5. The van der Waals surface area contributed by atoms with Gasteiger partial charge in [-0.05, 0) is 36.6 Å². The second-order valence-corrected chi connectivity index (χ2v) is 5.99. The maximum absolute atomic E-state index is 11.3. The highest BCUT2D eigenvalue weighted by molar-refractivity contribution is 7.89. The summed E-state index contributed by atoms with van der Waals surface area (Å²) in [5, 5.41) is 5.13. The standard InChI is InChI=1S/C14H19NO3S/c1-4-5-6-9-18-14-8-7-12(19(15,16)17)10-13(14)11(2)3/h7-8,10-11H,6,9H2,1-3H3,(H2,15,16,17). The predicted octanol–water partition coefficient (Wildman–Crippen LogP) is 2.25. The molecule has 0 saturated heterocycles. The van der Waals surface area contributed by atoms with E-state index in [1.54, 1.807) is 19.1 Å². The Bertz CT molecular complexity index is 595. The zero-order valence-corrected chi connectivity index (χ0v) is 12.3. The molecule has 0 spiro atoms. The van der Waals surface area contributed by atoms with Crippen LogP contribution in [0.2, 0.25) is 0 Å². The van der Waals surface area contributed by atoms with Crippen molar-refractivity contribution in [1.29, 1.82) is 0 Å². The lowest BCUT2D eigenvalue weighted by Gasteiger charge is -2.14. The molecule has 2 N–H and O–H groups in total. The number of hydrogen-bond donors (Lipinski definition) is 1. The molecule has 0 bridgehead atoms. The van der Waals surface area contributed by atoms with Gasteiger partial charge in [0.15, 0.2) is 0 Å². The van der Waals surface area contributed by atoms with Gasteiger partial charge in [0.2, 0.25) is 10.0 Å². The van der Waals surface area contributed by atoms with Crippen LogP contribution in [0.1, 0.15) is 38.7 Å². The van der Waals surface area contributed by atoms with E-state index in [0.29, 0.717) is 18.8 Å². The quantitative estimate of drug-likeness (QED) is 0.664. The van der Waals surface area contributed by atoms with E-state index in [-0.39, 0.29) is 10.8 Å². The number of hydrogen-bond acceptors (Lipinski definition) is 3. The fraction of sp³-hybridized carbons (Fsp3) is 0.429. The summed E-state index contributed by atoms with van der Waals surface area (Å²) in [6.07, 6.45) is 0.644. The normalized spacial score (nSPS) is 11.0. The van der Waals surface area contributed by atoms with E-state index in [1.807, 2.05) is 13.8 Å². The van der Waals surface area contributed by atoms with E-state index in [9.17, 15) is 8.42 Å². The molecule has 0 radical (unpaired) electrons. The van der Waals surface area contributed by atoms with Gasteiger partial charge in [-0.15, -0.1) is 11.8 Å². The van der Waals surface area contributed by atoms with Crippen molar-refractivity contribution in [1.82, 2.24) is 0 Å². The lowest BCUT2D eigenvalue weighted by atomic mass is 10.0. The van der Waals surface area contributed by atoms with Crippen molar-refractivity contribution in [3.63, 3.8) is 0 Å². The van der Waals surface area contributed by atoms with Crippen molar-refractivity contribution in [2.45, 2.75) is 38.0 Å². The Kier molecular flexibility index (Phi) is 5.40. The third-order valence-corrected chi connectivity index (χ3v) is 3.50. The monoisotopic (exact) mass is 281 g/mol. The Hall–Kier alpha value is -1.51. The van der Waals surface area contributed by atoms with Crippen LogP contribution in [0.25, 0.3) is 0 Å². The average Bonchev–Trinajstić information content (AvgIpc) is 2.33. The molecular weight excluding hydrogens is 262 g/mol. The van der Waals surface area contributed by atoms with Gasteiger partial charge in [-0.25, -0.2) is 13.6 Å². The van der Waals surface area contributed by atoms with Gasteiger partial charge in [0.25, 0.3) is 0 Å². The third kappa shape index (κ3) is 4.58. The SMILES string of the molecule is CC#CCCOc1ccc(S(N)(=O)=O)cc1C(C)C.